The Kier molecular flexibility index (Phi) is 23.4. The summed E-state index contributed by atoms with van der Waals surface area (Å²) in [6.07, 6.45) is -4.09. The van der Waals surface area contributed by atoms with Crippen molar-refractivity contribution in [1.29, 1.82) is 0 Å². The van der Waals surface area contributed by atoms with Crippen molar-refractivity contribution in [3.05, 3.63) is 0 Å². The van der Waals surface area contributed by atoms with Crippen LogP contribution in [-0.2, 0) is 19.4 Å². The SMILES string of the molecule is CC(C)(C(F)(F)F)C(F)(F)F.CC(C)=O.COC.CS(C)(=O)=O.CSC. The van der Waals surface area contributed by atoms with Crippen LogP contribution >= 0.6 is 11.8 Å². The number of hydrogen-bond acceptors (Lipinski definition) is 5. The largest absolute Gasteiger partial charge is 0.402 e. The van der Waals surface area contributed by atoms with Gasteiger partial charge in [-0.05, 0) is 40.2 Å². The summed E-state index contributed by atoms with van der Waals surface area (Å²) in [6, 6.07) is 0. The van der Waals surface area contributed by atoms with Gasteiger partial charge in [0.1, 0.15) is 15.6 Å². The zero-order valence-corrected chi connectivity index (χ0v) is 18.4. The van der Waals surface area contributed by atoms with Gasteiger partial charge < -0.3 is 9.53 Å². The Labute approximate surface area is 157 Å². The number of carbonyl (C=O) groups is 1. The highest BCUT2D eigenvalue weighted by molar-refractivity contribution is 7.97. The van der Waals surface area contributed by atoms with Crippen molar-refractivity contribution >= 4 is 27.4 Å². The molecule has 12 heteroatoms. The third kappa shape index (κ3) is 38.9. The Morgan fingerprint density at radius 2 is 0.923 bits per heavy atom. The molecule has 0 saturated heterocycles. The molecule has 0 aromatic carbocycles. The molecule has 0 amide bonds. The van der Waals surface area contributed by atoms with Gasteiger partial charge >= 0.3 is 12.4 Å². The zero-order chi connectivity index (χ0) is 23.0. The quantitative estimate of drug-likeness (QED) is 0.514. The van der Waals surface area contributed by atoms with Crippen molar-refractivity contribution in [2.24, 2.45) is 5.41 Å². The first-order valence-electron chi connectivity index (χ1n) is 6.62. The fourth-order valence-corrected chi connectivity index (χ4v) is 0.161. The summed E-state index contributed by atoms with van der Waals surface area (Å²) in [4.78, 5) is 9.44. The molecular formula is C14H30F6O4S2. The van der Waals surface area contributed by atoms with Crippen LogP contribution in [0.5, 0.6) is 0 Å². The lowest BCUT2D eigenvalue weighted by Gasteiger charge is -2.29. The van der Waals surface area contributed by atoms with Crippen LogP contribution in [-0.4, -0.2) is 65.8 Å². The van der Waals surface area contributed by atoms with Crippen molar-refractivity contribution in [3.63, 3.8) is 0 Å². The van der Waals surface area contributed by atoms with E-state index in [0.717, 1.165) is 12.5 Å². The average molecular weight is 441 g/mol. The van der Waals surface area contributed by atoms with Gasteiger partial charge in [0.05, 0.1) is 0 Å². The number of sulfone groups is 1. The van der Waals surface area contributed by atoms with Crippen molar-refractivity contribution in [2.75, 3.05) is 39.2 Å². The first-order valence-corrected chi connectivity index (χ1v) is 10.6. The maximum absolute atomic E-state index is 11.6. The predicted octanol–water partition coefficient (Wildman–Crippen LogP) is 4.64. The van der Waals surface area contributed by atoms with Gasteiger partial charge in [-0.15, -0.1) is 0 Å². The topological polar surface area (TPSA) is 60.4 Å². The Morgan fingerprint density at radius 3 is 0.923 bits per heavy atom. The van der Waals surface area contributed by atoms with Crippen LogP contribution in [0.2, 0.25) is 0 Å². The summed E-state index contributed by atoms with van der Waals surface area (Å²) in [5, 5.41) is 0. The molecule has 0 rings (SSSR count). The molecule has 0 spiro atoms. The van der Waals surface area contributed by atoms with Crippen LogP contribution in [0.25, 0.3) is 0 Å². The summed E-state index contributed by atoms with van der Waals surface area (Å²) in [6.45, 7) is 3.26. The van der Waals surface area contributed by atoms with Crippen LogP contribution in [0.4, 0.5) is 26.3 Å². The van der Waals surface area contributed by atoms with Crippen molar-refractivity contribution < 1.29 is 44.3 Å². The molecule has 0 bridgehead atoms. The van der Waals surface area contributed by atoms with E-state index in [2.05, 4.69) is 4.74 Å². The highest BCUT2D eigenvalue weighted by Gasteiger charge is 2.64. The number of hydrogen-bond donors (Lipinski definition) is 0. The number of Topliss-reactive ketones (excluding diaryl/α,β-unsaturated/α-hetero) is 1. The molecule has 0 atom stereocenters. The lowest BCUT2D eigenvalue weighted by atomic mass is 9.92. The highest BCUT2D eigenvalue weighted by atomic mass is 32.2. The Hall–Kier alpha value is -0.490. The Balaban J connectivity index is -0.0000000817. The molecule has 0 aliphatic carbocycles. The van der Waals surface area contributed by atoms with Crippen molar-refractivity contribution in [2.45, 2.75) is 40.0 Å². The molecule has 0 aliphatic rings. The molecule has 0 N–H and O–H groups in total. The minimum absolute atomic E-state index is 0.104. The second-order valence-electron chi connectivity index (χ2n) is 5.49. The Bertz CT molecular complexity index is 400. The lowest BCUT2D eigenvalue weighted by molar-refractivity contribution is -0.327. The molecule has 26 heavy (non-hydrogen) atoms. The third-order valence-corrected chi connectivity index (χ3v) is 1.42. The van der Waals surface area contributed by atoms with E-state index >= 15 is 0 Å². The minimum atomic E-state index is -5.24. The van der Waals surface area contributed by atoms with Gasteiger partial charge in [-0.25, -0.2) is 8.42 Å². The first kappa shape index (κ1) is 36.4. The monoisotopic (exact) mass is 440 g/mol. The van der Waals surface area contributed by atoms with Crippen LogP contribution in [0.3, 0.4) is 0 Å². The molecular weight excluding hydrogens is 410 g/mol. The molecule has 0 aliphatic heterocycles. The second kappa shape index (κ2) is 16.7. The summed E-state index contributed by atoms with van der Waals surface area (Å²) in [5.41, 5.74) is -3.62. The van der Waals surface area contributed by atoms with Gasteiger partial charge in [0.25, 0.3) is 0 Å². The summed E-state index contributed by atoms with van der Waals surface area (Å²) in [5.74, 6) is 0.167. The van der Waals surface area contributed by atoms with E-state index in [-0.39, 0.29) is 19.6 Å². The van der Waals surface area contributed by atoms with Crippen LogP contribution in [0.15, 0.2) is 0 Å². The van der Waals surface area contributed by atoms with Crippen LogP contribution in [0, 0.1) is 5.41 Å². The van der Waals surface area contributed by atoms with Gasteiger partial charge in [-0.3, -0.25) is 0 Å². The molecule has 4 nitrogen and oxygen atoms in total. The van der Waals surface area contributed by atoms with Crippen molar-refractivity contribution in [3.8, 4) is 0 Å². The zero-order valence-electron chi connectivity index (χ0n) is 16.7. The summed E-state index contributed by atoms with van der Waals surface area (Å²) >= 11 is 1.75. The van der Waals surface area contributed by atoms with Gasteiger partial charge in [-0.1, -0.05) is 0 Å². The second-order valence-corrected chi connectivity index (χ2v) is 8.59. The van der Waals surface area contributed by atoms with E-state index in [1.54, 1.807) is 26.0 Å². The van der Waals surface area contributed by atoms with Crippen LogP contribution in [0.1, 0.15) is 27.7 Å². The molecule has 0 saturated carbocycles. The predicted molar refractivity (Wildman–Crippen MR) is 95.4 cm³/mol. The number of rotatable bonds is 0. The van der Waals surface area contributed by atoms with E-state index in [0.29, 0.717) is 0 Å². The molecule has 164 valence electrons. The number of ether oxygens (including phenoxy) is 1. The maximum atomic E-state index is 11.6. The number of methoxy groups -OCH3 is 1. The fraction of sp³-hybridized carbons (Fsp3) is 0.929. The summed E-state index contributed by atoms with van der Waals surface area (Å²) < 4.78 is 93.2. The van der Waals surface area contributed by atoms with E-state index in [1.807, 2.05) is 12.5 Å². The highest BCUT2D eigenvalue weighted by Crippen LogP contribution is 2.49. The molecule has 0 aromatic heterocycles. The molecule has 0 radical (unpaired) electrons. The van der Waals surface area contributed by atoms with Gasteiger partial charge in [0.15, 0.2) is 5.41 Å². The van der Waals surface area contributed by atoms with E-state index in [1.165, 1.54) is 13.8 Å². The van der Waals surface area contributed by atoms with Gasteiger partial charge in [0.2, 0.25) is 0 Å². The van der Waals surface area contributed by atoms with Crippen molar-refractivity contribution in [1.82, 2.24) is 0 Å². The standard InChI is InChI=1S/C5H6F6.C3H6O.C2H6O2S.C2H6O.C2H6S/c1-3(2,4(6,7)8)5(9,10)11;1-3(2)4;1-5(2,3)4;2*1-3-2/h1-2H3;1-2H3;1-2H3;2*1-2H3. The minimum Gasteiger partial charge on any atom is -0.388 e. The number of ketones is 1. The van der Waals surface area contributed by atoms with E-state index < -0.39 is 27.6 Å². The molecule has 0 fully saturated rings. The molecule has 0 unspecified atom stereocenters. The van der Waals surface area contributed by atoms with Crippen LogP contribution < -0.4 is 0 Å². The van der Waals surface area contributed by atoms with E-state index in [9.17, 15) is 39.6 Å². The average Bonchev–Trinajstić information content (AvgIpc) is 2.24. The van der Waals surface area contributed by atoms with E-state index in [4.69, 9.17) is 0 Å². The smallest absolute Gasteiger partial charge is 0.388 e. The van der Waals surface area contributed by atoms with Gasteiger partial charge in [-0.2, -0.15) is 38.1 Å². The maximum Gasteiger partial charge on any atom is 0.402 e. The number of alkyl halides is 6. The summed E-state index contributed by atoms with van der Waals surface area (Å²) in [7, 11) is 0.583. The number of halogens is 6. The number of thioether (sulfide) groups is 1. The van der Waals surface area contributed by atoms with Gasteiger partial charge in [0, 0.05) is 26.7 Å². The lowest BCUT2D eigenvalue weighted by Crippen LogP contribution is -2.44. The fourth-order valence-electron chi connectivity index (χ4n) is 0.161. The first-order chi connectivity index (χ1) is 11.1. The third-order valence-electron chi connectivity index (χ3n) is 1.42. The normalized spacial score (nSPS) is 11.1. The molecule has 0 aromatic rings. The Morgan fingerprint density at radius 1 is 0.846 bits per heavy atom. The number of carbonyl (C=O) groups excluding carboxylic acids is 1. The molecule has 0 heterocycles.